The normalized spacial score (nSPS) is 8.00. The second-order valence-corrected chi connectivity index (χ2v) is 1.66. The van der Waals surface area contributed by atoms with Crippen molar-refractivity contribution in [2.75, 3.05) is 0 Å². The molecule has 0 bridgehead atoms. The third-order valence-electron chi connectivity index (χ3n) is 0.976. The van der Waals surface area contributed by atoms with Crippen molar-refractivity contribution < 1.29 is 21.9 Å². The van der Waals surface area contributed by atoms with Crippen LogP contribution in [0.25, 0.3) is 0 Å². The van der Waals surface area contributed by atoms with Crippen molar-refractivity contribution in [1.29, 1.82) is 0 Å². The maximum Gasteiger partial charge on any atom is 2.00 e. The maximum atomic E-state index is 10.6. The van der Waals surface area contributed by atoms with E-state index in [0.717, 1.165) is 0 Å². The minimum Gasteiger partial charge on any atom is -0.504 e. The Hall–Kier alpha value is -0.804. The Kier molecular flexibility index (Phi) is 3.75. The average molecular weight is 181 g/mol. The average Bonchev–Trinajstić information content (AvgIpc) is 1.99. The molecule has 1 aromatic rings. The Morgan fingerprint density at radius 3 is 2.40 bits per heavy atom. The van der Waals surface area contributed by atoms with Gasteiger partial charge in [0.25, 0.3) is 0 Å². The fourth-order valence-corrected chi connectivity index (χ4v) is 0.521. The Morgan fingerprint density at radius 2 is 1.70 bits per heavy atom. The second-order valence-electron chi connectivity index (χ2n) is 1.66. The third kappa shape index (κ3) is 2.20. The standard InChI is InChI=1S/C7H6O2.Co/c8-6-4-2-1-3-5-7(6)9;/h1-5H,(H,8,9);/q;+2. The number of hydrogen-bond acceptors (Lipinski definition) is 2. The zero-order valence-corrected chi connectivity index (χ0v) is 6.12. The number of rotatable bonds is 0. The monoisotopic (exact) mass is 181 g/mol. The van der Waals surface area contributed by atoms with Crippen LogP contribution >= 0.6 is 0 Å². The van der Waals surface area contributed by atoms with Crippen LogP contribution in [0.15, 0.2) is 35.1 Å². The molecule has 53 valence electrons. The van der Waals surface area contributed by atoms with Crippen LogP contribution in [0.3, 0.4) is 0 Å². The van der Waals surface area contributed by atoms with Crippen LogP contribution in [0.5, 0.6) is 5.75 Å². The minimum atomic E-state index is -0.347. The molecule has 0 spiro atoms. The molecule has 0 aromatic heterocycles. The van der Waals surface area contributed by atoms with E-state index in [1.165, 1.54) is 12.1 Å². The largest absolute Gasteiger partial charge is 2.00 e. The van der Waals surface area contributed by atoms with Gasteiger partial charge in [0, 0.05) is 0 Å². The van der Waals surface area contributed by atoms with E-state index in [0.29, 0.717) is 0 Å². The third-order valence-corrected chi connectivity index (χ3v) is 0.976. The van der Waals surface area contributed by atoms with Gasteiger partial charge < -0.3 is 5.11 Å². The minimum absolute atomic E-state index is 0. The summed E-state index contributed by atoms with van der Waals surface area (Å²) in [5.74, 6) is -0.208. The molecule has 1 radical (unpaired) electrons. The van der Waals surface area contributed by atoms with Gasteiger partial charge in [0.2, 0.25) is 5.43 Å². The molecular weight excluding hydrogens is 175 g/mol. The predicted molar refractivity (Wildman–Crippen MR) is 34.4 cm³/mol. The van der Waals surface area contributed by atoms with E-state index in [1.54, 1.807) is 18.2 Å². The summed E-state index contributed by atoms with van der Waals surface area (Å²) in [6.07, 6.45) is 0. The predicted octanol–water partition coefficient (Wildman–Crippen LogP) is 0.750. The molecule has 2 nitrogen and oxygen atoms in total. The van der Waals surface area contributed by atoms with Crippen molar-refractivity contribution in [3.8, 4) is 5.75 Å². The topological polar surface area (TPSA) is 37.3 Å². The van der Waals surface area contributed by atoms with Gasteiger partial charge in [-0.25, -0.2) is 0 Å². The molecule has 0 aliphatic heterocycles. The molecule has 0 saturated heterocycles. The molecule has 1 N–H and O–H groups in total. The van der Waals surface area contributed by atoms with E-state index in [-0.39, 0.29) is 28.0 Å². The molecule has 0 fully saturated rings. The van der Waals surface area contributed by atoms with Gasteiger partial charge in [-0.05, 0) is 12.1 Å². The molecule has 10 heavy (non-hydrogen) atoms. The van der Waals surface area contributed by atoms with E-state index in [9.17, 15) is 4.79 Å². The molecule has 1 aromatic carbocycles. The van der Waals surface area contributed by atoms with Crippen LogP contribution in [0.2, 0.25) is 0 Å². The molecule has 0 amide bonds. The van der Waals surface area contributed by atoms with Gasteiger partial charge in [-0.15, -0.1) is 0 Å². The zero-order chi connectivity index (χ0) is 6.69. The van der Waals surface area contributed by atoms with Crippen molar-refractivity contribution >= 4 is 0 Å². The molecular formula is C7H6CoO2+2. The summed E-state index contributed by atoms with van der Waals surface area (Å²) >= 11 is 0. The van der Waals surface area contributed by atoms with Gasteiger partial charge in [0.1, 0.15) is 0 Å². The van der Waals surface area contributed by atoms with Crippen molar-refractivity contribution in [3.63, 3.8) is 0 Å². The summed E-state index contributed by atoms with van der Waals surface area (Å²) in [5.41, 5.74) is -0.347. The summed E-state index contributed by atoms with van der Waals surface area (Å²) < 4.78 is 0. The second kappa shape index (κ2) is 4.08. The van der Waals surface area contributed by atoms with Crippen molar-refractivity contribution in [2.24, 2.45) is 0 Å². The fourth-order valence-electron chi connectivity index (χ4n) is 0.521. The Morgan fingerprint density at radius 1 is 1.10 bits per heavy atom. The first kappa shape index (κ1) is 9.20. The summed E-state index contributed by atoms with van der Waals surface area (Å²) in [6.45, 7) is 0. The van der Waals surface area contributed by atoms with Crippen molar-refractivity contribution in [3.05, 3.63) is 40.6 Å². The first-order chi connectivity index (χ1) is 4.30. The summed E-state index contributed by atoms with van der Waals surface area (Å²) in [6, 6.07) is 7.55. The van der Waals surface area contributed by atoms with Crippen molar-refractivity contribution in [1.82, 2.24) is 0 Å². The van der Waals surface area contributed by atoms with E-state index in [2.05, 4.69) is 0 Å². The van der Waals surface area contributed by atoms with Gasteiger partial charge in [0.15, 0.2) is 5.75 Å². The summed E-state index contributed by atoms with van der Waals surface area (Å²) in [5, 5.41) is 8.77. The van der Waals surface area contributed by atoms with Gasteiger partial charge >= 0.3 is 16.8 Å². The zero-order valence-electron chi connectivity index (χ0n) is 5.08. The molecule has 0 heterocycles. The quantitative estimate of drug-likeness (QED) is 0.641. The van der Waals surface area contributed by atoms with Crippen molar-refractivity contribution in [2.45, 2.75) is 0 Å². The van der Waals surface area contributed by atoms with Gasteiger partial charge in [-0.2, -0.15) is 0 Å². The summed E-state index contributed by atoms with van der Waals surface area (Å²) in [4.78, 5) is 10.6. The Labute approximate surface area is 68.7 Å². The van der Waals surface area contributed by atoms with E-state index in [4.69, 9.17) is 5.11 Å². The molecule has 3 heteroatoms. The van der Waals surface area contributed by atoms with Crippen LogP contribution in [-0.4, -0.2) is 5.11 Å². The van der Waals surface area contributed by atoms with Crippen LogP contribution in [0.4, 0.5) is 0 Å². The first-order valence-electron chi connectivity index (χ1n) is 2.59. The maximum absolute atomic E-state index is 10.6. The fraction of sp³-hybridized carbons (Fsp3) is 0. The Balaban J connectivity index is 0.000000810. The van der Waals surface area contributed by atoms with Crippen LogP contribution in [-0.2, 0) is 16.8 Å². The Bertz CT molecular complexity index is 259. The van der Waals surface area contributed by atoms with Crippen LogP contribution in [0.1, 0.15) is 0 Å². The molecule has 0 aliphatic carbocycles. The number of aromatic hydroxyl groups is 1. The summed E-state index contributed by atoms with van der Waals surface area (Å²) in [7, 11) is 0. The van der Waals surface area contributed by atoms with E-state index in [1.807, 2.05) is 0 Å². The van der Waals surface area contributed by atoms with E-state index >= 15 is 0 Å². The molecule has 0 saturated carbocycles. The molecule has 0 atom stereocenters. The molecule has 0 unspecified atom stereocenters. The van der Waals surface area contributed by atoms with Gasteiger partial charge in [-0.1, -0.05) is 18.2 Å². The van der Waals surface area contributed by atoms with Crippen LogP contribution in [0, 0.1) is 0 Å². The molecule has 0 aliphatic rings. The van der Waals surface area contributed by atoms with Gasteiger partial charge in [0.05, 0.1) is 0 Å². The number of hydrogen-bond donors (Lipinski definition) is 1. The first-order valence-corrected chi connectivity index (χ1v) is 2.59. The smallest absolute Gasteiger partial charge is 0.504 e. The SMILES string of the molecule is O=c1cccccc1O.[Co+2]. The van der Waals surface area contributed by atoms with Crippen LogP contribution < -0.4 is 5.43 Å². The molecule has 1 rings (SSSR count). The van der Waals surface area contributed by atoms with Gasteiger partial charge in [-0.3, -0.25) is 4.79 Å². The van der Waals surface area contributed by atoms with E-state index < -0.39 is 0 Å².